The Morgan fingerprint density at radius 3 is 2.16 bits per heavy atom. The zero-order valence-electron chi connectivity index (χ0n) is 16.8. The van der Waals surface area contributed by atoms with Crippen molar-refractivity contribution in [2.24, 2.45) is 0 Å². The number of rotatable bonds is 3. The molecular weight excluding hydrogens is 304 g/mol. The number of hydrogen-bond donors (Lipinski definition) is 0. The normalized spacial score (nSPS) is 11.2. The molecule has 0 aliphatic heterocycles. The van der Waals surface area contributed by atoms with Crippen LogP contribution in [0.15, 0.2) is 48.5 Å². The van der Waals surface area contributed by atoms with Crippen LogP contribution in [-0.2, 0) is 5.41 Å². The molecule has 1 heteroatoms. The number of aryl methyl sites for hydroxylation is 2. The van der Waals surface area contributed by atoms with Crippen molar-refractivity contribution in [2.75, 3.05) is 0 Å². The second-order valence-corrected chi connectivity index (χ2v) is 7.47. The Bertz CT molecular complexity index is 730. The van der Waals surface area contributed by atoms with Crippen LogP contribution in [0.3, 0.4) is 0 Å². The first-order valence-corrected chi connectivity index (χ1v) is 9.02. The van der Waals surface area contributed by atoms with E-state index in [4.69, 9.17) is 0 Å². The van der Waals surface area contributed by atoms with Crippen molar-refractivity contribution in [3.05, 3.63) is 76.4 Å². The summed E-state index contributed by atoms with van der Waals surface area (Å²) in [4.78, 5) is 11.4. The highest BCUT2D eigenvalue weighted by atomic mass is 16.1. The van der Waals surface area contributed by atoms with Gasteiger partial charge >= 0.3 is 0 Å². The monoisotopic (exact) mass is 336 g/mol. The van der Waals surface area contributed by atoms with Crippen LogP contribution in [-0.4, -0.2) is 5.78 Å². The maximum atomic E-state index is 11.4. The minimum atomic E-state index is 0.208. The fraction of sp³-hybridized carbons (Fsp3) is 0.375. The first-order chi connectivity index (χ1) is 11.7. The Morgan fingerprint density at radius 2 is 1.72 bits per heavy atom. The largest absolute Gasteiger partial charge is 0.294 e. The lowest BCUT2D eigenvalue weighted by Gasteiger charge is -2.19. The number of ketones is 1. The molecule has 0 fully saturated rings. The van der Waals surface area contributed by atoms with Crippen molar-refractivity contribution >= 4 is 11.9 Å². The predicted octanol–water partition coefficient (Wildman–Crippen LogP) is 6.91. The lowest BCUT2D eigenvalue weighted by atomic mass is 9.86. The van der Waals surface area contributed by atoms with E-state index in [0.29, 0.717) is 6.42 Å². The minimum Gasteiger partial charge on any atom is -0.294 e. The molecule has 0 aliphatic carbocycles. The summed E-state index contributed by atoms with van der Waals surface area (Å²) in [6.45, 7) is 14.8. The Morgan fingerprint density at radius 1 is 1.04 bits per heavy atom. The van der Waals surface area contributed by atoms with Crippen molar-refractivity contribution in [1.82, 2.24) is 0 Å². The molecule has 0 unspecified atom stereocenters. The summed E-state index contributed by atoms with van der Waals surface area (Å²) in [5, 5.41) is 0. The van der Waals surface area contributed by atoms with E-state index < -0.39 is 0 Å². The highest BCUT2D eigenvalue weighted by Crippen LogP contribution is 2.22. The molecule has 2 rings (SSSR count). The Labute approximate surface area is 153 Å². The van der Waals surface area contributed by atoms with E-state index in [1.54, 1.807) is 0 Å². The van der Waals surface area contributed by atoms with Gasteiger partial charge in [-0.1, -0.05) is 81.8 Å². The van der Waals surface area contributed by atoms with Gasteiger partial charge in [-0.15, -0.1) is 0 Å². The maximum absolute atomic E-state index is 11.4. The summed E-state index contributed by atoms with van der Waals surface area (Å²) in [7, 11) is 0. The molecule has 0 saturated carbocycles. The van der Waals surface area contributed by atoms with Crippen LogP contribution < -0.4 is 0 Å². The van der Waals surface area contributed by atoms with Gasteiger partial charge in [0.15, 0.2) is 5.78 Å². The lowest BCUT2D eigenvalue weighted by molar-refractivity contribution is 0.0988. The van der Waals surface area contributed by atoms with Crippen LogP contribution in [0, 0.1) is 13.8 Å². The Balaban J connectivity index is 0.000000257. The van der Waals surface area contributed by atoms with Crippen molar-refractivity contribution in [3.8, 4) is 0 Å². The van der Waals surface area contributed by atoms with Crippen molar-refractivity contribution in [2.45, 2.75) is 60.3 Å². The van der Waals surface area contributed by atoms with Gasteiger partial charge in [0.1, 0.15) is 0 Å². The van der Waals surface area contributed by atoms with Crippen LogP contribution in [0.25, 0.3) is 6.08 Å². The van der Waals surface area contributed by atoms with E-state index in [2.05, 4.69) is 58.0 Å². The van der Waals surface area contributed by atoms with Crippen LogP contribution in [0.5, 0.6) is 0 Å². The standard InChI is InChI=1S/C13H16O.C11H16/c1-4-6-11-7-8-12(9-10(11)3)13(14)5-2;1-9-6-5-7-10(8-9)11(2,3)4/h4,6-9H,5H2,1-3H3;5-8H,1-4H3/b6-4-;. The summed E-state index contributed by atoms with van der Waals surface area (Å²) in [6, 6.07) is 14.5. The quantitative estimate of drug-likeness (QED) is 0.556. The molecule has 2 aromatic carbocycles. The highest BCUT2D eigenvalue weighted by Gasteiger charge is 2.12. The van der Waals surface area contributed by atoms with Gasteiger partial charge in [-0.05, 0) is 48.9 Å². The predicted molar refractivity (Wildman–Crippen MR) is 110 cm³/mol. The van der Waals surface area contributed by atoms with Crippen molar-refractivity contribution in [3.63, 3.8) is 0 Å². The maximum Gasteiger partial charge on any atom is 0.162 e. The van der Waals surface area contributed by atoms with Crippen LogP contribution in [0.1, 0.15) is 73.7 Å². The minimum absolute atomic E-state index is 0.208. The molecule has 0 amide bonds. The summed E-state index contributed by atoms with van der Waals surface area (Å²) in [5.74, 6) is 0.208. The second-order valence-electron chi connectivity index (χ2n) is 7.47. The molecule has 0 spiro atoms. The van der Waals surface area contributed by atoms with Gasteiger partial charge in [0, 0.05) is 12.0 Å². The van der Waals surface area contributed by atoms with E-state index in [9.17, 15) is 4.79 Å². The fourth-order valence-corrected chi connectivity index (χ4v) is 2.53. The average Bonchev–Trinajstić information content (AvgIpc) is 2.56. The summed E-state index contributed by atoms with van der Waals surface area (Å²) >= 11 is 0. The van der Waals surface area contributed by atoms with Gasteiger partial charge < -0.3 is 0 Å². The van der Waals surface area contributed by atoms with Gasteiger partial charge in [-0.25, -0.2) is 0 Å². The second kappa shape index (κ2) is 9.36. The van der Waals surface area contributed by atoms with Gasteiger partial charge in [-0.2, -0.15) is 0 Å². The molecule has 0 aromatic heterocycles. The third-order valence-corrected chi connectivity index (χ3v) is 4.14. The molecule has 0 heterocycles. The Kier molecular flexibility index (Phi) is 7.83. The lowest BCUT2D eigenvalue weighted by Crippen LogP contribution is -2.10. The van der Waals surface area contributed by atoms with E-state index in [1.165, 1.54) is 16.7 Å². The molecule has 0 N–H and O–H groups in total. The molecule has 2 aromatic rings. The fourth-order valence-electron chi connectivity index (χ4n) is 2.53. The smallest absolute Gasteiger partial charge is 0.162 e. The summed E-state index contributed by atoms with van der Waals surface area (Å²) in [5.41, 5.74) is 6.20. The first kappa shape index (κ1) is 20.9. The molecule has 0 atom stereocenters. The van der Waals surface area contributed by atoms with E-state index in [-0.39, 0.29) is 11.2 Å². The van der Waals surface area contributed by atoms with E-state index >= 15 is 0 Å². The molecule has 134 valence electrons. The number of hydrogen-bond acceptors (Lipinski definition) is 1. The third-order valence-electron chi connectivity index (χ3n) is 4.14. The third kappa shape index (κ3) is 6.70. The number of benzene rings is 2. The summed E-state index contributed by atoms with van der Waals surface area (Å²) < 4.78 is 0. The first-order valence-electron chi connectivity index (χ1n) is 9.02. The number of carbonyl (C=O) groups is 1. The zero-order valence-corrected chi connectivity index (χ0v) is 16.8. The van der Waals surface area contributed by atoms with Crippen LogP contribution >= 0.6 is 0 Å². The van der Waals surface area contributed by atoms with Gasteiger partial charge in [-0.3, -0.25) is 4.79 Å². The summed E-state index contributed by atoms with van der Waals surface area (Å²) in [6.07, 6.45) is 4.63. The molecule has 0 aliphatic rings. The SMILES string of the molecule is C/C=C\c1ccc(C(=O)CC)cc1C.Cc1cccc(C(C)(C)C)c1. The Hall–Kier alpha value is -2.15. The van der Waals surface area contributed by atoms with Crippen molar-refractivity contribution in [1.29, 1.82) is 0 Å². The molecular formula is C24H32O. The van der Waals surface area contributed by atoms with Crippen LogP contribution in [0.4, 0.5) is 0 Å². The number of allylic oxidation sites excluding steroid dienone is 1. The van der Waals surface area contributed by atoms with Gasteiger partial charge in [0.05, 0.1) is 0 Å². The van der Waals surface area contributed by atoms with Gasteiger partial charge in [0.25, 0.3) is 0 Å². The average molecular weight is 337 g/mol. The van der Waals surface area contributed by atoms with Crippen LogP contribution in [0.2, 0.25) is 0 Å². The topological polar surface area (TPSA) is 17.1 Å². The number of Topliss-reactive ketones (excluding diaryl/α,β-unsaturated/α-hetero) is 1. The zero-order chi connectivity index (χ0) is 19.0. The van der Waals surface area contributed by atoms with E-state index in [1.807, 2.05) is 45.0 Å². The molecule has 0 radical (unpaired) electrons. The number of carbonyl (C=O) groups excluding carboxylic acids is 1. The van der Waals surface area contributed by atoms with E-state index in [0.717, 1.165) is 11.1 Å². The molecule has 0 bridgehead atoms. The highest BCUT2D eigenvalue weighted by molar-refractivity contribution is 5.96. The van der Waals surface area contributed by atoms with Gasteiger partial charge in [0.2, 0.25) is 0 Å². The molecule has 0 saturated heterocycles. The van der Waals surface area contributed by atoms with Crippen molar-refractivity contribution < 1.29 is 4.79 Å². The molecule has 25 heavy (non-hydrogen) atoms. The molecule has 1 nitrogen and oxygen atoms in total.